The molecule has 0 aliphatic carbocycles. The molecule has 0 saturated carbocycles. The van der Waals surface area contributed by atoms with Gasteiger partial charge in [0.05, 0.1) is 27.9 Å². The Labute approximate surface area is 192 Å². The third kappa shape index (κ3) is 5.61. The Morgan fingerprint density at radius 1 is 1.15 bits per heavy atom. The molecule has 1 aromatic carbocycles. The highest BCUT2D eigenvalue weighted by molar-refractivity contribution is 5.88. The number of benzene rings is 1. The first-order valence-electron chi connectivity index (χ1n) is 10.3. The average Bonchev–Trinajstić information content (AvgIpc) is 2.84. The van der Waals surface area contributed by atoms with Crippen LogP contribution in [0.15, 0.2) is 63.4 Å². The van der Waals surface area contributed by atoms with Gasteiger partial charge >= 0.3 is 5.63 Å². The molecule has 0 radical (unpaired) electrons. The first kappa shape index (κ1) is 25.7. The summed E-state index contributed by atoms with van der Waals surface area (Å²) in [6.07, 6.45) is 2.92. The van der Waals surface area contributed by atoms with Crippen molar-refractivity contribution in [2.24, 2.45) is 0 Å². The van der Waals surface area contributed by atoms with E-state index in [4.69, 9.17) is 28.1 Å². The van der Waals surface area contributed by atoms with E-state index >= 15 is 0 Å². The molecule has 1 unspecified atom stereocenters. The van der Waals surface area contributed by atoms with Crippen molar-refractivity contribution in [2.75, 3.05) is 27.9 Å². The third-order valence-corrected chi connectivity index (χ3v) is 4.90. The van der Waals surface area contributed by atoms with E-state index in [0.717, 1.165) is 0 Å². The second kappa shape index (κ2) is 11.9. The Kier molecular flexibility index (Phi) is 9.23. The van der Waals surface area contributed by atoms with Crippen LogP contribution < -0.4 is 19.8 Å². The van der Waals surface area contributed by atoms with Gasteiger partial charge in [-0.3, -0.25) is 0 Å². The lowest BCUT2D eigenvalue weighted by Gasteiger charge is -2.33. The second-order valence-electron chi connectivity index (χ2n) is 6.79. The van der Waals surface area contributed by atoms with Gasteiger partial charge in [-0.15, -0.1) is 0 Å². The van der Waals surface area contributed by atoms with E-state index in [1.165, 1.54) is 33.5 Å². The number of aliphatic hydroxyl groups excluding tert-OH is 2. The summed E-state index contributed by atoms with van der Waals surface area (Å²) in [5.41, 5.74) is -0.178. The largest absolute Gasteiger partial charge is 0.502 e. The molecule has 2 atom stereocenters. The molecular weight excluding hydrogens is 432 g/mol. The van der Waals surface area contributed by atoms with Crippen molar-refractivity contribution in [3.05, 3.63) is 64.6 Å². The minimum Gasteiger partial charge on any atom is -0.502 e. The fourth-order valence-electron chi connectivity index (χ4n) is 3.22. The maximum absolute atomic E-state index is 11.5. The smallest absolute Gasteiger partial charge is 0.336 e. The van der Waals surface area contributed by atoms with Crippen LogP contribution in [0.3, 0.4) is 0 Å². The second-order valence-corrected chi connectivity index (χ2v) is 6.79. The molecule has 1 aliphatic rings. The van der Waals surface area contributed by atoms with Crippen LogP contribution in [0.4, 0.5) is 0 Å². The van der Waals surface area contributed by atoms with E-state index in [0.29, 0.717) is 46.2 Å². The molecule has 0 bridgehead atoms. The van der Waals surface area contributed by atoms with Crippen molar-refractivity contribution >= 4 is 11.0 Å². The molecule has 1 aromatic heterocycles. The van der Waals surface area contributed by atoms with Crippen LogP contribution in [-0.4, -0.2) is 50.4 Å². The van der Waals surface area contributed by atoms with Gasteiger partial charge in [0.2, 0.25) is 11.5 Å². The molecule has 0 spiro atoms. The number of ether oxygens (including phenoxy) is 5. The molecule has 0 saturated heterocycles. The molecule has 2 N–H and O–H groups in total. The quantitative estimate of drug-likeness (QED) is 0.359. The van der Waals surface area contributed by atoms with Crippen molar-refractivity contribution < 1.29 is 38.3 Å². The third-order valence-electron chi connectivity index (χ3n) is 4.90. The number of aliphatic hydroxyl groups is 2. The molecule has 33 heavy (non-hydrogen) atoms. The van der Waals surface area contributed by atoms with Gasteiger partial charge in [-0.1, -0.05) is 13.5 Å². The zero-order valence-electron chi connectivity index (χ0n) is 19.4. The van der Waals surface area contributed by atoms with Gasteiger partial charge in [-0.05, 0) is 37.6 Å². The lowest BCUT2D eigenvalue weighted by molar-refractivity contribution is -0.0134. The van der Waals surface area contributed by atoms with E-state index in [1.54, 1.807) is 25.1 Å². The van der Waals surface area contributed by atoms with Crippen LogP contribution in [0.2, 0.25) is 0 Å². The zero-order valence-corrected chi connectivity index (χ0v) is 19.4. The Hall–Kier alpha value is -3.59. The van der Waals surface area contributed by atoms with Crippen LogP contribution in [0.5, 0.6) is 17.2 Å². The van der Waals surface area contributed by atoms with Crippen LogP contribution in [0.25, 0.3) is 11.0 Å². The Bertz CT molecular complexity index is 1080. The van der Waals surface area contributed by atoms with Crippen LogP contribution in [-0.2, 0) is 9.47 Å². The summed E-state index contributed by atoms with van der Waals surface area (Å²) in [5.74, 6) is 1.82. The number of rotatable bonds is 7. The normalized spacial score (nSPS) is 17.9. The van der Waals surface area contributed by atoms with E-state index < -0.39 is 11.7 Å². The molecule has 180 valence electrons. The maximum atomic E-state index is 11.5. The average molecular weight is 462 g/mol. The molecule has 9 nitrogen and oxygen atoms in total. The summed E-state index contributed by atoms with van der Waals surface area (Å²) in [4.78, 5) is 11.5. The Balaban J connectivity index is 0.000000277. The highest BCUT2D eigenvalue weighted by Gasteiger charge is 2.34. The summed E-state index contributed by atoms with van der Waals surface area (Å²) >= 11 is 0. The summed E-state index contributed by atoms with van der Waals surface area (Å²) in [6.45, 7) is 6.99. The minimum absolute atomic E-state index is 0.0440. The maximum Gasteiger partial charge on any atom is 0.336 e. The van der Waals surface area contributed by atoms with Crippen molar-refractivity contribution in [2.45, 2.75) is 32.5 Å². The van der Waals surface area contributed by atoms with Gasteiger partial charge < -0.3 is 38.3 Å². The SMILES string of the molecule is C=C/C(OC)=C(O)\C(=C/C)OC.CCC1Oc2c(OC)cc3ccc(=O)oc3c2O[C@@H]1CO. The van der Waals surface area contributed by atoms with Crippen molar-refractivity contribution in [3.8, 4) is 17.2 Å². The van der Waals surface area contributed by atoms with Gasteiger partial charge in [-0.2, -0.15) is 0 Å². The highest BCUT2D eigenvalue weighted by Crippen LogP contribution is 2.47. The Morgan fingerprint density at radius 2 is 1.85 bits per heavy atom. The fourth-order valence-corrected chi connectivity index (χ4v) is 3.22. The first-order valence-corrected chi connectivity index (χ1v) is 10.3. The Morgan fingerprint density at radius 3 is 2.36 bits per heavy atom. The summed E-state index contributed by atoms with van der Waals surface area (Å²) in [7, 11) is 4.46. The topological polar surface area (TPSA) is 117 Å². The summed E-state index contributed by atoms with van der Waals surface area (Å²) in [5, 5.41) is 19.6. The van der Waals surface area contributed by atoms with Crippen LogP contribution in [0.1, 0.15) is 20.3 Å². The number of hydrogen-bond acceptors (Lipinski definition) is 9. The van der Waals surface area contributed by atoms with Crippen LogP contribution >= 0.6 is 0 Å². The van der Waals surface area contributed by atoms with Crippen LogP contribution in [0, 0.1) is 0 Å². The number of fused-ring (bicyclic) bond motifs is 3. The molecular formula is C24H30O9. The van der Waals surface area contributed by atoms with Gasteiger partial charge in [0, 0.05) is 11.5 Å². The molecule has 0 amide bonds. The van der Waals surface area contributed by atoms with Gasteiger partial charge in [-0.25, -0.2) is 4.79 Å². The fraction of sp³-hybridized carbons (Fsp3) is 0.375. The minimum atomic E-state index is -0.511. The van der Waals surface area contributed by atoms with E-state index in [1.807, 2.05) is 6.92 Å². The van der Waals surface area contributed by atoms with Crippen molar-refractivity contribution in [3.63, 3.8) is 0 Å². The number of methoxy groups -OCH3 is 3. The first-order chi connectivity index (χ1) is 15.9. The van der Waals surface area contributed by atoms with Gasteiger partial charge in [0.1, 0.15) is 6.10 Å². The summed E-state index contributed by atoms with van der Waals surface area (Å²) < 4.78 is 31.9. The van der Waals surface area contributed by atoms with E-state index in [2.05, 4.69) is 6.58 Å². The standard InChI is InChI=1S/C15H16O6.C9H14O3/c1-3-9-11(7-16)20-15-13-8(4-5-12(17)21-13)6-10(18-2)14(15)19-9;1-5-7(11-3)9(10)8(6-2)12-4/h4-6,9,11,16H,3,7H2,1-2H3;5-6,10H,1H2,2-4H3/b;8-6+,9-7-/t9?,11-;/m1./s1. The highest BCUT2D eigenvalue weighted by atomic mass is 16.6. The van der Waals surface area contributed by atoms with Crippen molar-refractivity contribution in [1.29, 1.82) is 0 Å². The molecule has 3 rings (SSSR count). The lowest BCUT2D eigenvalue weighted by Crippen LogP contribution is -2.42. The lowest BCUT2D eigenvalue weighted by atomic mass is 10.1. The number of allylic oxidation sites excluding steroid dienone is 2. The zero-order chi connectivity index (χ0) is 24.5. The number of hydrogen-bond donors (Lipinski definition) is 2. The molecule has 9 heteroatoms. The molecule has 1 aliphatic heterocycles. The molecule has 2 heterocycles. The predicted molar refractivity (Wildman–Crippen MR) is 123 cm³/mol. The summed E-state index contributed by atoms with van der Waals surface area (Å²) in [6, 6.07) is 4.69. The molecule has 2 aromatic rings. The monoisotopic (exact) mass is 462 g/mol. The predicted octanol–water partition coefficient (Wildman–Crippen LogP) is 3.85. The van der Waals surface area contributed by atoms with Crippen molar-refractivity contribution in [1.82, 2.24) is 0 Å². The molecule has 0 fully saturated rings. The van der Waals surface area contributed by atoms with E-state index in [-0.39, 0.29) is 18.5 Å². The van der Waals surface area contributed by atoms with E-state index in [9.17, 15) is 15.0 Å². The van der Waals surface area contributed by atoms with Gasteiger partial charge in [0.15, 0.2) is 34.7 Å². The van der Waals surface area contributed by atoms with Gasteiger partial charge in [0.25, 0.3) is 0 Å².